The summed E-state index contributed by atoms with van der Waals surface area (Å²) in [5, 5.41) is 23.6. The molecule has 1 aromatic carbocycles. The van der Waals surface area contributed by atoms with Gasteiger partial charge in [0.2, 0.25) is 17.5 Å². The lowest BCUT2D eigenvalue weighted by atomic mass is 9.98. The van der Waals surface area contributed by atoms with E-state index in [1.807, 2.05) is 19.9 Å². The molecule has 34 heavy (non-hydrogen) atoms. The Balaban J connectivity index is 1.85. The highest BCUT2D eigenvalue weighted by molar-refractivity contribution is 5.89. The molecule has 0 aliphatic carbocycles. The lowest BCUT2D eigenvalue weighted by molar-refractivity contribution is -0.179. The number of aliphatic hydroxyl groups excluding tert-OH is 2. The predicted molar refractivity (Wildman–Crippen MR) is 121 cm³/mol. The number of fused-ring (bicyclic) bond motifs is 1. The molecule has 1 aliphatic rings. The SMILES string of the molecule is CO[C@@H]1[C@H](O)[C@@H](CO)O[C@@]1(C(=O)COc1ccccc1)n1cnc2c(=O)[nH]c(NC(C)C)nc21. The number of H-pyrrole nitrogens is 1. The summed E-state index contributed by atoms with van der Waals surface area (Å²) in [6.07, 6.45) is -2.52. The first-order chi connectivity index (χ1) is 16.3. The number of carbonyl (C=O) groups is 1. The molecule has 4 atom stereocenters. The summed E-state index contributed by atoms with van der Waals surface area (Å²) in [7, 11) is 1.31. The van der Waals surface area contributed by atoms with Crippen molar-refractivity contribution >= 4 is 22.9 Å². The molecule has 0 radical (unpaired) electrons. The highest BCUT2D eigenvalue weighted by Crippen LogP contribution is 2.40. The fraction of sp³-hybridized carbons (Fsp3) is 0.455. The van der Waals surface area contributed by atoms with E-state index in [0.29, 0.717) is 5.75 Å². The van der Waals surface area contributed by atoms with Gasteiger partial charge in [-0.2, -0.15) is 4.98 Å². The van der Waals surface area contributed by atoms with E-state index in [-0.39, 0.29) is 23.2 Å². The summed E-state index contributed by atoms with van der Waals surface area (Å²) in [5.74, 6) is -0.00717. The van der Waals surface area contributed by atoms with Crippen LogP contribution in [0.5, 0.6) is 5.75 Å². The van der Waals surface area contributed by atoms with Crippen LogP contribution >= 0.6 is 0 Å². The lowest BCUT2D eigenvalue weighted by Crippen LogP contribution is -2.54. The van der Waals surface area contributed by atoms with Crippen molar-refractivity contribution < 1.29 is 29.2 Å². The molecule has 0 unspecified atom stereocenters. The van der Waals surface area contributed by atoms with Crippen LogP contribution in [0.1, 0.15) is 13.8 Å². The summed E-state index contributed by atoms with van der Waals surface area (Å²) in [6.45, 7) is 2.72. The summed E-state index contributed by atoms with van der Waals surface area (Å²) in [6, 6.07) is 8.66. The monoisotopic (exact) mass is 473 g/mol. The van der Waals surface area contributed by atoms with Crippen molar-refractivity contribution in [3.8, 4) is 5.75 Å². The van der Waals surface area contributed by atoms with Gasteiger partial charge in [-0.05, 0) is 26.0 Å². The Bertz CT molecular complexity index is 1210. The van der Waals surface area contributed by atoms with Gasteiger partial charge in [-0.3, -0.25) is 19.1 Å². The van der Waals surface area contributed by atoms with E-state index >= 15 is 0 Å². The Kier molecular flexibility index (Phi) is 6.66. The Morgan fingerprint density at radius 2 is 2.09 bits per heavy atom. The van der Waals surface area contributed by atoms with Gasteiger partial charge in [0, 0.05) is 13.2 Å². The second kappa shape index (κ2) is 9.50. The minimum atomic E-state index is -2.01. The van der Waals surface area contributed by atoms with Crippen LogP contribution in [0, 0.1) is 0 Å². The van der Waals surface area contributed by atoms with Crippen LogP contribution in [0.2, 0.25) is 0 Å². The molecule has 0 spiro atoms. The zero-order valence-electron chi connectivity index (χ0n) is 19.0. The largest absolute Gasteiger partial charge is 0.486 e. The minimum Gasteiger partial charge on any atom is -0.486 e. The number of rotatable bonds is 9. The third-order valence-corrected chi connectivity index (χ3v) is 5.54. The summed E-state index contributed by atoms with van der Waals surface area (Å²) in [4.78, 5) is 37.5. The van der Waals surface area contributed by atoms with Gasteiger partial charge in [0.25, 0.3) is 5.56 Å². The number of carbonyl (C=O) groups excluding carboxylic acids is 1. The Morgan fingerprint density at radius 1 is 1.35 bits per heavy atom. The first kappa shape index (κ1) is 23.8. The van der Waals surface area contributed by atoms with Crippen molar-refractivity contribution in [2.24, 2.45) is 0 Å². The first-order valence-electron chi connectivity index (χ1n) is 10.8. The molecule has 2 aromatic heterocycles. The first-order valence-corrected chi connectivity index (χ1v) is 10.8. The normalized spacial score (nSPS) is 24.6. The number of methoxy groups -OCH3 is 1. The van der Waals surface area contributed by atoms with E-state index in [4.69, 9.17) is 14.2 Å². The van der Waals surface area contributed by atoms with E-state index in [2.05, 4.69) is 20.3 Å². The maximum Gasteiger partial charge on any atom is 0.280 e. The van der Waals surface area contributed by atoms with Crippen LogP contribution in [-0.4, -0.2) is 80.2 Å². The van der Waals surface area contributed by atoms with E-state index in [1.54, 1.807) is 24.3 Å². The van der Waals surface area contributed by atoms with Crippen molar-refractivity contribution in [3.63, 3.8) is 0 Å². The molecule has 12 heteroatoms. The molecule has 1 saturated heterocycles. The van der Waals surface area contributed by atoms with Gasteiger partial charge in [-0.15, -0.1) is 0 Å². The molecule has 182 valence electrons. The number of anilines is 1. The van der Waals surface area contributed by atoms with Gasteiger partial charge >= 0.3 is 0 Å². The van der Waals surface area contributed by atoms with E-state index in [0.717, 1.165) is 0 Å². The number of imidazole rings is 1. The summed E-state index contributed by atoms with van der Waals surface area (Å²) in [5.41, 5.74) is -2.54. The van der Waals surface area contributed by atoms with Crippen molar-refractivity contribution in [1.82, 2.24) is 19.5 Å². The number of nitrogens with one attached hydrogen (secondary N) is 2. The van der Waals surface area contributed by atoms with Gasteiger partial charge in [0.1, 0.15) is 30.4 Å². The molecule has 1 aliphatic heterocycles. The molecule has 1 fully saturated rings. The number of aromatic amines is 1. The Hall–Kier alpha value is -3.32. The zero-order valence-corrected chi connectivity index (χ0v) is 19.0. The van der Waals surface area contributed by atoms with Crippen molar-refractivity contribution in [2.75, 3.05) is 25.6 Å². The van der Waals surface area contributed by atoms with E-state index < -0.39 is 48.6 Å². The number of Topliss-reactive ketones (excluding diaryl/α,β-unsaturated/α-hetero) is 1. The number of aliphatic hydroxyl groups is 2. The number of hydrogen-bond donors (Lipinski definition) is 4. The fourth-order valence-electron chi connectivity index (χ4n) is 4.05. The van der Waals surface area contributed by atoms with Gasteiger partial charge in [0.15, 0.2) is 17.8 Å². The van der Waals surface area contributed by atoms with Crippen LogP contribution in [0.25, 0.3) is 11.2 Å². The predicted octanol–water partition coefficient (Wildman–Crippen LogP) is 0.00780. The number of para-hydroxylation sites is 1. The number of ketones is 1. The van der Waals surface area contributed by atoms with Gasteiger partial charge in [-0.25, -0.2) is 4.98 Å². The summed E-state index contributed by atoms with van der Waals surface area (Å²) >= 11 is 0. The molecular weight excluding hydrogens is 446 g/mol. The number of aromatic nitrogens is 4. The third-order valence-electron chi connectivity index (χ3n) is 5.54. The van der Waals surface area contributed by atoms with Crippen LogP contribution in [0.3, 0.4) is 0 Å². The molecule has 4 N–H and O–H groups in total. The molecule has 0 saturated carbocycles. The fourth-order valence-corrected chi connectivity index (χ4v) is 4.05. The van der Waals surface area contributed by atoms with Crippen molar-refractivity contribution in [1.29, 1.82) is 0 Å². The van der Waals surface area contributed by atoms with Gasteiger partial charge < -0.3 is 29.7 Å². The molecule has 4 rings (SSSR count). The van der Waals surface area contributed by atoms with Crippen LogP contribution in [-0.2, 0) is 20.0 Å². The van der Waals surface area contributed by atoms with E-state index in [9.17, 15) is 19.8 Å². The van der Waals surface area contributed by atoms with Crippen molar-refractivity contribution in [2.45, 2.75) is 43.9 Å². The highest BCUT2D eigenvalue weighted by Gasteiger charge is 2.61. The zero-order chi connectivity index (χ0) is 24.5. The number of nitrogens with zero attached hydrogens (tertiary/aromatic N) is 3. The average molecular weight is 473 g/mol. The maximum absolute atomic E-state index is 13.7. The smallest absolute Gasteiger partial charge is 0.280 e. The highest BCUT2D eigenvalue weighted by atomic mass is 16.6. The summed E-state index contributed by atoms with van der Waals surface area (Å²) < 4.78 is 18.4. The van der Waals surface area contributed by atoms with Gasteiger partial charge in [0.05, 0.1) is 6.61 Å². The average Bonchev–Trinajstić information content (AvgIpc) is 3.37. The Morgan fingerprint density at radius 3 is 2.74 bits per heavy atom. The molecule has 0 bridgehead atoms. The molecular formula is C22H27N5O7. The molecule has 0 amide bonds. The number of hydrogen-bond acceptors (Lipinski definition) is 10. The van der Waals surface area contributed by atoms with Gasteiger partial charge in [-0.1, -0.05) is 18.2 Å². The number of ether oxygens (including phenoxy) is 3. The topological polar surface area (TPSA) is 161 Å². The van der Waals surface area contributed by atoms with Crippen molar-refractivity contribution in [3.05, 3.63) is 47.0 Å². The van der Waals surface area contributed by atoms with Crippen LogP contribution < -0.4 is 15.6 Å². The molecule has 12 nitrogen and oxygen atoms in total. The lowest BCUT2D eigenvalue weighted by Gasteiger charge is -2.33. The maximum atomic E-state index is 13.7. The van der Waals surface area contributed by atoms with Crippen LogP contribution in [0.15, 0.2) is 41.5 Å². The Labute approximate surface area is 194 Å². The van der Waals surface area contributed by atoms with Crippen LogP contribution in [0.4, 0.5) is 5.95 Å². The third kappa shape index (κ3) is 4.05. The second-order valence-corrected chi connectivity index (χ2v) is 8.21. The minimum absolute atomic E-state index is 0.0350. The quantitative estimate of drug-likeness (QED) is 0.333. The molecule has 3 heterocycles. The molecule has 3 aromatic rings. The number of benzene rings is 1. The standard InChI is InChI=1S/C22H27N5O7/c1-12(2)24-21-25-19-16(20(31)26-21)23-11-27(19)22(18(32-3)17(30)14(9-28)34-22)15(29)10-33-13-7-5-4-6-8-13/h4-8,11-12,14,17-18,28,30H,9-10H2,1-3H3,(H2,24,25,26,31)/t14-,17-,18-,22-/m1/s1. The second-order valence-electron chi connectivity index (χ2n) is 8.21. The van der Waals surface area contributed by atoms with E-state index in [1.165, 1.54) is 18.0 Å².